The van der Waals surface area contributed by atoms with Gasteiger partial charge in [-0.1, -0.05) is 267 Å². The van der Waals surface area contributed by atoms with Crippen LogP contribution in [0.2, 0.25) is 0 Å². The van der Waals surface area contributed by atoms with E-state index in [4.69, 9.17) is 0 Å². The maximum atomic E-state index is 2.30. The fraction of sp³-hybridized carbons (Fsp3) is 0.0294. The van der Waals surface area contributed by atoms with Crippen LogP contribution in [0.25, 0.3) is 58.4 Å². The van der Waals surface area contributed by atoms with E-state index in [1.54, 1.807) is 0 Å². The molecule has 0 amide bonds. The van der Waals surface area contributed by atoms with E-state index in [1.807, 2.05) is 0 Å². The first-order valence-electron chi connectivity index (χ1n) is 23.6. The van der Waals surface area contributed by atoms with Crippen LogP contribution >= 0.6 is 0 Å². The molecule has 0 saturated heterocycles. The van der Waals surface area contributed by atoms with Crippen LogP contribution in [0.3, 0.4) is 0 Å². The quantitative estimate of drug-likeness (QED) is 0.0955. The van der Waals surface area contributed by atoms with Crippen LogP contribution in [0.15, 0.2) is 255 Å². The van der Waals surface area contributed by atoms with E-state index < -0.39 is 0 Å². The zero-order valence-electron chi connectivity index (χ0n) is 38.1. The molecule has 0 saturated carbocycles. The molecule has 0 bridgehead atoms. The van der Waals surface area contributed by atoms with Crippen LogP contribution in [0.1, 0.15) is 77.9 Å². The summed E-state index contributed by atoms with van der Waals surface area (Å²) in [6.07, 6.45) is 15.4. The molecule has 0 radical (unpaired) electrons. The zero-order valence-corrected chi connectivity index (χ0v) is 38.1. The van der Waals surface area contributed by atoms with Crippen molar-refractivity contribution in [3.63, 3.8) is 0 Å². The molecule has 0 fully saturated rings. The summed E-state index contributed by atoms with van der Waals surface area (Å²) in [5, 5.41) is 2.46. The average Bonchev–Trinajstić information content (AvgIpc) is 3.40. The molecule has 0 spiro atoms. The largest absolute Gasteiger partial charge is 0.0622 e. The lowest BCUT2D eigenvalue weighted by Crippen LogP contribution is -1.91. The molecule has 68 heavy (non-hydrogen) atoms. The third-order valence-electron chi connectivity index (χ3n) is 12.5. The second kappa shape index (κ2) is 21.2. The summed E-state index contributed by atoms with van der Waals surface area (Å²) in [7, 11) is 0. The molecule has 0 aliphatic heterocycles. The Balaban J connectivity index is 0.857. The standard InChI is InChI=1S/C68H52/c1-5-15-53(16-6-1)45-55-36-40-62(41-37-55)67(60-19-9-3-10-20-60)49-57-30-25-51(26-31-57)29-34-59-47-64-23-13-14-24-66(64)65(48-59)44-35-52-27-32-58(33-28-52)50-68(61-21-11-4-12-22-61)63-42-38-56(39-43-63)46-54-17-7-2-8-18-54/h1-44,47-50H,45-46H2. The highest BCUT2D eigenvalue weighted by Crippen LogP contribution is 2.30. The molecule has 0 atom stereocenters. The molecule has 10 aromatic rings. The Kier molecular flexibility index (Phi) is 13.5. The third-order valence-corrected chi connectivity index (χ3v) is 12.5. The summed E-state index contributed by atoms with van der Waals surface area (Å²) in [5.41, 5.74) is 19.5. The molecule has 0 nitrogen and oxygen atoms in total. The lowest BCUT2D eigenvalue weighted by Gasteiger charge is -2.11. The van der Waals surface area contributed by atoms with Crippen LogP contribution in [-0.4, -0.2) is 0 Å². The average molecular weight is 869 g/mol. The highest BCUT2D eigenvalue weighted by atomic mass is 14.1. The Hall–Kier alpha value is -8.58. The predicted octanol–water partition coefficient (Wildman–Crippen LogP) is 17.5. The van der Waals surface area contributed by atoms with Crippen LogP contribution in [0.5, 0.6) is 0 Å². The second-order valence-corrected chi connectivity index (χ2v) is 17.4. The number of fused-ring (bicyclic) bond motifs is 1. The van der Waals surface area contributed by atoms with Crippen LogP contribution < -0.4 is 0 Å². The van der Waals surface area contributed by atoms with Gasteiger partial charge in [-0.25, -0.2) is 0 Å². The molecular formula is C68H52. The summed E-state index contributed by atoms with van der Waals surface area (Å²) in [5.74, 6) is 0. The van der Waals surface area contributed by atoms with Gasteiger partial charge in [0.05, 0.1) is 0 Å². The third kappa shape index (κ3) is 11.1. The van der Waals surface area contributed by atoms with Gasteiger partial charge in [-0.3, -0.25) is 0 Å². The summed E-state index contributed by atoms with van der Waals surface area (Å²) in [6, 6.07) is 91.7. The normalized spacial score (nSPS) is 12.0. The van der Waals surface area contributed by atoms with E-state index in [1.165, 1.54) is 72.0 Å². The van der Waals surface area contributed by atoms with Crippen molar-refractivity contribution in [1.29, 1.82) is 0 Å². The monoisotopic (exact) mass is 868 g/mol. The number of hydrogen-bond donors (Lipinski definition) is 0. The van der Waals surface area contributed by atoms with Crippen molar-refractivity contribution in [3.05, 3.63) is 333 Å². The Morgan fingerprint density at radius 2 is 0.618 bits per heavy atom. The Morgan fingerprint density at radius 3 is 1.09 bits per heavy atom. The molecule has 10 aromatic carbocycles. The maximum Gasteiger partial charge on any atom is -0.00258 e. The zero-order chi connectivity index (χ0) is 45.7. The van der Waals surface area contributed by atoms with Gasteiger partial charge >= 0.3 is 0 Å². The molecule has 0 N–H and O–H groups in total. The maximum absolute atomic E-state index is 2.30. The molecule has 0 aliphatic carbocycles. The molecule has 0 heterocycles. The molecule has 0 aliphatic rings. The first-order valence-corrected chi connectivity index (χ1v) is 23.6. The van der Waals surface area contributed by atoms with Crippen LogP contribution in [0, 0.1) is 0 Å². The van der Waals surface area contributed by atoms with Crippen molar-refractivity contribution >= 4 is 58.4 Å². The number of rotatable bonds is 14. The van der Waals surface area contributed by atoms with E-state index in [0.717, 1.165) is 40.7 Å². The van der Waals surface area contributed by atoms with Gasteiger partial charge in [0.15, 0.2) is 0 Å². The molecule has 0 heteroatoms. The first kappa shape index (κ1) is 43.3. The van der Waals surface area contributed by atoms with E-state index in [-0.39, 0.29) is 0 Å². The van der Waals surface area contributed by atoms with E-state index in [2.05, 4.69) is 291 Å². The van der Waals surface area contributed by atoms with Gasteiger partial charge in [0.25, 0.3) is 0 Å². The molecule has 324 valence electrons. The summed E-state index contributed by atoms with van der Waals surface area (Å²) in [4.78, 5) is 0. The van der Waals surface area contributed by atoms with Gasteiger partial charge < -0.3 is 0 Å². The van der Waals surface area contributed by atoms with E-state index in [0.29, 0.717) is 0 Å². The van der Waals surface area contributed by atoms with Crippen molar-refractivity contribution < 1.29 is 0 Å². The van der Waals surface area contributed by atoms with Crippen molar-refractivity contribution in [2.45, 2.75) is 12.8 Å². The van der Waals surface area contributed by atoms with Gasteiger partial charge in [0.1, 0.15) is 0 Å². The molecular weight excluding hydrogens is 817 g/mol. The first-order chi connectivity index (χ1) is 33.6. The lowest BCUT2D eigenvalue weighted by molar-refractivity contribution is 1.19. The summed E-state index contributed by atoms with van der Waals surface area (Å²) >= 11 is 0. The summed E-state index contributed by atoms with van der Waals surface area (Å²) < 4.78 is 0. The van der Waals surface area contributed by atoms with Crippen molar-refractivity contribution in [2.24, 2.45) is 0 Å². The fourth-order valence-corrected chi connectivity index (χ4v) is 8.89. The van der Waals surface area contributed by atoms with Crippen molar-refractivity contribution in [2.75, 3.05) is 0 Å². The van der Waals surface area contributed by atoms with Gasteiger partial charge in [0, 0.05) is 0 Å². The summed E-state index contributed by atoms with van der Waals surface area (Å²) in [6.45, 7) is 0. The smallest absolute Gasteiger partial charge is 0.00258 e. The highest BCUT2D eigenvalue weighted by molar-refractivity contribution is 5.96. The second-order valence-electron chi connectivity index (χ2n) is 17.4. The van der Waals surface area contributed by atoms with Crippen LogP contribution in [-0.2, 0) is 12.8 Å². The predicted molar refractivity (Wildman–Crippen MR) is 293 cm³/mol. The van der Waals surface area contributed by atoms with E-state index in [9.17, 15) is 0 Å². The minimum atomic E-state index is 0.925. The molecule has 0 aromatic heterocycles. The van der Waals surface area contributed by atoms with Crippen molar-refractivity contribution in [3.8, 4) is 0 Å². The topological polar surface area (TPSA) is 0 Å². The minimum Gasteiger partial charge on any atom is -0.0622 e. The van der Waals surface area contributed by atoms with Gasteiger partial charge in [-0.05, 0) is 137 Å². The number of hydrogen-bond acceptors (Lipinski definition) is 0. The van der Waals surface area contributed by atoms with Gasteiger partial charge in [-0.2, -0.15) is 0 Å². The Labute approximate surface area is 401 Å². The van der Waals surface area contributed by atoms with Gasteiger partial charge in [0.2, 0.25) is 0 Å². The highest BCUT2D eigenvalue weighted by Gasteiger charge is 2.09. The van der Waals surface area contributed by atoms with Crippen LogP contribution in [0.4, 0.5) is 0 Å². The number of benzene rings is 10. The minimum absolute atomic E-state index is 0.925. The Bertz CT molecular complexity index is 3340. The van der Waals surface area contributed by atoms with Crippen molar-refractivity contribution in [1.82, 2.24) is 0 Å². The lowest BCUT2D eigenvalue weighted by atomic mass is 9.94. The van der Waals surface area contributed by atoms with Gasteiger partial charge in [-0.15, -0.1) is 0 Å². The molecule has 0 unspecified atom stereocenters. The SMILES string of the molecule is C(=Cc1cc(C=Cc2ccc(C=C(c3ccccc3)c3ccc(Cc4ccccc4)cc3)cc2)c2ccccc2c1)c1ccc(C=C(c2ccccc2)c2ccc(Cc3ccccc3)cc2)cc1. The molecule has 10 rings (SSSR count). The Morgan fingerprint density at radius 1 is 0.265 bits per heavy atom. The van der Waals surface area contributed by atoms with E-state index >= 15 is 0 Å². The fourth-order valence-electron chi connectivity index (χ4n) is 8.89.